The second-order valence-electron chi connectivity index (χ2n) is 15.0. The van der Waals surface area contributed by atoms with Crippen LogP contribution in [-0.4, -0.2) is 94.6 Å². The molecule has 2 aromatic heterocycles. The first-order valence-corrected chi connectivity index (χ1v) is 20.9. The lowest BCUT2D eigenvalue weighted by Crippen LogP contribution is -2.29. The fraction of sp³-hybridized carbons (Fsp3) is 0.176. The standard InChI is InChI=1S/C19H21NO5.C18H18N2O3.C14H10N2O5/c1-12-5-6-14(10-17(12)24-3)19(22)20-11-15(21)13-7-8-16(23-2)18(9-13)25-4;1-11-5-6-13(9-12(11)2)17-19-20-18(23-17)14-7-8-15(21-3)16(10-14)22-4;17-9-3-1-7(5-11(9)19)13-15-16-14(21-13)8-2-4-10(18)12(20)6-8/h5-10H,11H2,1-4H3,(H,20,22);5-10H,1-4H3;1-6,17-20H. The molecule has 18 heteroatoms. The minimum Gasteiger partial charge on any atom is -0.504 e. The number of rotatable bonds is 13. The maximum atomic E-state index is 12.3. The van der Waals surface area contributed by atoms with Crippen LogP contribution in [0.1, 0.15) is 37.4 Å². The molecule has 0 saturated heterocycles. The van der Waals surface area contributed by atoms with E-state index in [1.54, 1.807) is 57.7 Å². The minimum absolute atomic E-state index is 0.121. The lowest BCUT2D eigenvalue weighted by Gasteiger charge is -2.10. The Morgan fingerprint density at radius 1 is 0.435 bits per heavy atom. The largest absolute Gasteiger partial charge is 0.504 e. The topological polar surface area (TPSA) is 251 Å². The second-order valence-corrected chi connectivity index (χ2v) is 15.0. The number of aryl methyl sites for hydroxylation is 3. The first-order valence-electron chi connectivity index (χ1n) is 20.9. The molecule has 18 nitrogen and oxygen atoms in total. The Morgan fingerprint density at radius 2 is 0.841 bits per heavy atom. The number of ether oxygens (including phenoxy) is 5. The fourth-order valence-corrected chi connectivity index (χ4v) is 6.41. The molecule has 0 bridgehead atoms. The highest BCUT2D eigenvalue weighted by molar-refractivity contribution is 6.02. The van der Waals surface area contributed by atoms with E-state index in [0.717, 1.165) is 16.7 Å². The molecular formula is C51H49N5O13. The molecule has 0 radical (unpaired) electrons. The van der Waals surface area contributed by atoms with Crippen molar-refractivity contribution in [3.8, 4) is 97.6 Å². The van der Waals surface area contributed by atoms with Crippen molar-refractivity contribution in [2.24, 2.45) is 0 Å². The van der Waals surface area contributed by atoms with Gasteiger partial charge in [0.25, 0.3) is 5.91 Å². The van der Waals surface area contributed by atoms with Gasteiger partial charge in [-0.2, -0.15) is 0 Å². The number of nitrogens with one attached hydrogen (secondary N) is 1. The Labute approximate surface area is 396 Å². The molecule has 356 valence electrons. The molecule has 0 aliphatic rings. The molecule has 0 spiro atoms. The molecule has 0 saturated carbocycles. The first-order chi connectivity index (χ1) is 33.2. The van der Waals surface area contributed by atoms with Gasteiger partial charge >= 0.3 is 0 Å². The molecule has 0 aliphatic heterocycles. The van der Waals surface area contributed by atoms with E-state index in [4.69, 9.17) is 32.5 Å². The maximum absolute atomic E-state index is 12.3. The van der Waals surface area contributed by atoms with Gasteiger partial charge in [-0.1, -0.05) is 12.1 Å². The minimum atomic E-state index is -0.341. The van der Waals surface area contributed by atoms with Crippen molar-refractivity contribution in [2.75, 3.05) is 42.1 Å². The highest BCUT2D eigenvalue weighted by Crippen LogP contribution is 2.35. The summed E-state index contributed by atoms with van der Waals surface area (Å²) in [6, 6.07) is 29.8. The van der Waals surface area contributed by atoms with Crippen LogP contribution >= 0.6 is 0 Å². The zero-order valence-electron chi connectivity index (χ0n) is 38.9. The van der Waals surface area contributed by atoms with E-state index in [0.29, 0.717) is 62.8 Å². The molecule has 0 aliphatic carbocycles. The molecule has 0 atom stereocenters. The third-order valence-electron chi connectivity index (χ3n) is 10.5. The van der Waals surface area contributed by atoms with Crippen molar-refractivity contribution < 1.29 is 62.5 Å². The average Bonchev–Trinajstić information content (AvgIpc) is 4.08. The van der Waals surface area contributed by atoms with E-state index in [9.17, 15) is 30.0 Å². The van der Waals surface area contributed by atoms with Gasteiger partial charge in [0.15, 0.2) is 51.8 Å². The molecule has 1 amide bonds. The summed E-state index contributed by atoms with van der Waals surface area (Å²) in [5.74, 6) is 2.48. The number of hydrogen-bond acceptors (Lipinski definition) is 17. The van der Waals surface area contributed by atoms with Crippen LogP contribution in [-0.2, 0) is 0 Å². The van der Waals surface area contributed by atoms with Gasteiger partial charge in [0.05, 0.1) is 42.1 Å². The maximum Gasteiger partial charge on any atom is 0.251 e. The lowest BCUT2D eigenvalue weighted by atomic mass is 10.1. The average molecular weight is 940 g/mol. The van der Waals surface area contributed by atoms with E-state index in [1.807, 2.05) is 43.3 Å². The number of benzene rings is 6. The summed E-state index contributed by atoms with van der Waals surface area (Å²) < 4.78 is 37.3. The summed E-state index contributed by atoms with van der Waals surface area (Å²) >= 11 is 0. The Kier molecular flexibility index (Phi) is 16.0. The zero-order chi connectivity index (χ0) is 49.8. The normalized spacial score (nSPS) is 10.4. The monoisotopic (exact) mass is 939 g/mol. The Balaban J connectivity index is 0.000000171. The molecule has 8 aromatic rings. The predicted octanol–water partition coefficient (Wildman–Crippen LogP) is 8.90. The Hall–Kier alpha value is -9.06. The van der Waals surface area contributed by atoms with E-state index in [2.05, 4.69) is 39.6 Å². The molecule has 0 unspecified atom stereocenters. The van der Waals surface area contributed by atoms with Crippen LogP contribution in [0.2, 0.25) is 0 Å². The van der Waals surface area contributed by atoms with Crippen molar-refractivity contribution in [1.82, 2.24) is 25.7 Å². The smallest absolute Gasteiger partial charge is 0.251 e. The summed E-state index contributed by atoms with van der Waals surface area (Å²) in [7, 11) is 7.76. The van der Waals surface area contributed by atoms with Crippen molar-refractivity contribution in [3.05, 3.63) is 137 Å². The quantitative estimate of drug-likeness (QED) is 0.0534. The van der Waals surface area contributed by atoms with Crippen molar-refractivity contribution in [2.45, 2.75) is 20.8 Å². The Bertz CT molecular complexity index is 3030. The number of aromatic hydroxyl groups is 4. The van der Waals surface area contributed by atoms with Crippen molar-refractivity contribution in [3.63, 3.8) is 0 Å². The van der Waals surface area contributed by atoms with Gasteiger partial charge < -0.3 is 58.3 Å². The molecular weight excluding hydrogens is 891 g/mol. The summed E-state index contributed by atoms with van der Waals surface area (Å²) in [6.45, 7) is 5.90. The van der Waals surface area contributed by atoms with Crippen LogP contribution in [0.4, 0.5) is 0 Å². The zero-order valence-corrected chi connectivity index (χ0v) is 38.9. The number of amides is 1. The van der Waals surface area contributed by atoms with Crippen LogP contribution < -0.4 is 29.0 Å². The number of Topliss-reactive ketones (excluding diaryl/α,β-unsaturated/α-hetero) is 1. The van der Waals surface area contributed by atoms with E-state index >= 15 is 0 Å². The van der Waals surface area contributed by atoms with Crippen LogP contribution in [0.5, 0.6) is 51.7 Å². The van der Waals surface area contributed by atoms with Crippen molar-refractivity contribution in [1.29, 1.82) is 0 Å². The van der Waals surface area contributed by atoms with Gasteiger partial charge in [0.2, 0.25) is 23.6 Å². The van der Waals surface area contributed by atoms with E-state index in [-0.39, 0.29) is 53.0 Å². The lowest BCUT2D eigenvalue weighted by molar-refractivity contribution is 0.0904. The van der Waals surface area contributed by atoms with Crippen LogP contribution in [0.25, 0.3) is 45.8 Å². The molecule has 5 N–H and O–H groups in total. The SMILES string of the molecule is COc1cc(C(=O)NCC(=O)c2ccc(OC)c(OC)c2)ccc1C.COc1ccc(-c2nnc(-c3ccc(C)c(C)c3)o2)cc1OC.Oc1ccc(-c2nnc(-c3ccc(O)c(O)c3)o2)cc1O. The Morgan fingerprint density at radius 3 is 1.33 bits per heavy atom. The number of phenols is 4. The number of nitrogens with zero attached hydrogens (tertiary/aromatic N) is 4. The highest BCUT2D eigenvalue weighted by atomic mass is 16.5. The summed E-state index contributed by atoms with van der Waals surface area (Å²) in [4.78, 5) is 24.5. The molecule has 0 fully saturated rings. The number of aromatic nitrogens is 4. The first kappa shape index (κ1) is 49.4. The number of carbonyl (C=O) groups is 2. The van der Waals surface area contributed by atoms with Gasteiger partial charge in [-0.25, -0.2) is 0 Å². The van der Waals surface area contributed by atoms with E-state index < -0.39 is 0 Å². The highest BCUT2D eigenvalue weighted by Gasteiger charge is 2.17. The van der Waals surface area contributed by atoms with Crippen LogP contribution in [0.3, 0.4) is 0 Å². The molecule has 6 aromatic carbocycles. The number of phenolic OH excluding ortho intramolecular Hbond substituents is 4. The summed E-state index contributed by atoms with van der Waals surface area (Å²) in [5.41, 5.74) is 6.78. The van der Waals surface area contributed by atoms with Gasteiger partial charge in [-0.15, -0.1) is 20.4 Å². The van der Waals surface area contributed by atoms with Gasteiger partial charge in [0.1, 0.15) is 5.75 Å². The second kappa shape index (κ2) is 22.4. The number of hydrogen-bond donors (Lipinski definition) is 5. The molecule has 8 rings (SSSR count). The predicted molar refractivity (Wildman–Crippen MR) is 254 cm³/mol. The van der Waals surface area contributed by atoms with Crippen molar-refractivity contribution >= 4 is 11.7 Å². The van der Waals surface area contributed by atoms with Crippen LogP contribution in [0, 0.1) is 20.8 Å². The number of ketones is 1. The fourth-order valence-electron chi connectivity index (χ4n) is 6.41. The van der Waals surface area contributed by atoms with Gasteiger partial charge in [-0.3, -0.25) is 9.59 Å². The van der Waals surface area contributed by atoms with Crippen LogP contribution in [0.15, 0.2) is 118 Å². The van der Waals surface area contributed by atoms with Gasteiger partial charge in [0, 0.05) is 33.4 Å². The molecule has 69 heavy (non-hydrogen) atoms. The van der Waals surface area contributed by atoms with Gasteiger partial charge in [-0.05, 0) is 135 Å². The van der Waals surface area contributed by atoms with E-state index in [1.165, 1.54) is 61.7 Å². The third-order valence-corrected chi connectivity index (χ3v) is 10.5. The molecule has 2 heterocycles. The summed E-state index contributed by atoms with van der Waals surface area (Å²) in [5, 5.41) is 56.0. The number of methoxy groups -OCH3 is 5. The summed E-state index contributed by atoms with van der Waals surface area (Å²) in [6.07, 6.45) is 0. The number of carbonyl (C=O) groups excluding carboxylic acids is 2. The third kappa shape index (κ3) is 12.0.